The predicted molar refractivity (Wildman–Crippen MR) is 164 cm³/mol. The van der Waals surface area contributed by atoms with E-state index < -0.39 is 0 Å². The third kappa shape index (κ3) is 3.91. The van der Waals surface area contributed by atoms with Crippen LogP contribution in [-0.2, 0) is 17.3 Å². The minimum Gasteiger partial charge on any atom is -0.497 e. The molecule has 0 amide bonds. The number of anilines is 1. The van der Waals surface area contributed by atoms with Gasteiger partial charge in [-0.1, -0.05) is 66.7 Å². The van der Waals surface area contributed by atoms with E-state index >= 15 is 0 Å². The lowest BCUT2D eigenvalue weighted by Crippen LogP contribution is -2.29. The molecule has 0 aromatic heterocycles. The van der Waals surface area contributed by atoms with Crippen LogP contribution in [0.1, 0.15) is 37.5 Å². The predicted octanol–water partition coefficient (Wildman–Crippen LogP) is 7.94. The number of allylic oxidation sites excluding steroid dienone is 4. The number of methoxy groups -OCH3 is 1. The first kappa shape index (κ1) is 25.2. The Bertz CT molecular complexity index is 1680. The van der Waals surface area contributed by atoms with Gasteiger partial charge in [-0.25, -0.2) is 0 Å². The van der Waals surface area contributed by atoms with Crippen molar-refractivity contribution in [2.24, 2.45) is 0 Å². The SMILES string of the molecule is COc1ccc2c(c1)C(C)(C)C(C=CC=C1N(C)c3ccc4ccccc4c3C1(C)Cc1ccccc1)=[N+]2C. The average molecular weight is 514 g/mol. The smallest absolute Gasteiger partial charge is 0.209 e. The highest BCUT2D eigenvalue weighted by Crippen LogP contribution is 2.52. The van der Waals surface area contributed by atoms with Crippen LogP contribution in [-0.4, -0.2) is 31.5 Å². The zero-order chi connectivity index (χ0) is 27.4. The van der Waals surface area contributed by atoms with Crippen LogP contribution in [0.5, 0.6) is 5.75 Å². The second-order valence-electron chi connectivity index (χ2n) is 11.6. The van der Waals surface area contributed by atoms with E-state index in [2.05, 4.69) is 141 Å². The molecule has 0 spiro atoms. The van der Waals surface area contributed by atoms with Gasteiger partial charge < -0.3 is 9.64 Å². The molecule has 2 aliphatic rings. The van der Waals surface area contributed by atoms with Gasteiger partial charge in [0.05, 0.1) is 12.5 Å². The fourth-order valence-corrected chi connectivity index (χ4v) is 6.90. The number of nitrogens with zero attached hydrogens (tertiary/aromatic N) is 2. The van der Waals surface area contributed by atoms with Crippen molar-refractivity contribution in [1.29, 1.82) is 0 Å². The number of benzene rings is 4. The molecule has 39 heavy (non-hydrogen) atoms. The van der Waals surface area contributed by atoms with Gasteiger partial charge in [0.15, 0.2) is 5.71 Å². The lowest BCUT2D eigenvalue weighted by atomic mass is 9.74. The lowest BCUT2D eigenvalue weighted by molar-refractivity contribution is -0.401. The molecule has 0 saturated carbocycles. The Morgan fingerprint density at radius 2 is 1.64 bits per heavy atom. The number of fused-ring (bicyclic) bond motifs is 4. The molecule has 2 aliphatic heterocycles. The summed E-state index contributed by atoms with van der Waals surface area (Å²) in [6.07, 6.45) is 7.81. The molecule has 3 heteroatoms. The van der Waals surface area contributed by atoms with Crippen LogP contribution in [0.3, 0.4) is 0 Å². The van der Waals surface area contributed by atoms with E-state index in [-0.39, 0.29) is 10.8 Å². The van der Waals surface area contributed by atoms with Gasteiger partial charge >= 0.3 is 0 Å². The van der Waals surface area contributed by atoms with Gasteiger partial charge in [0.1, 0.15) is 12.8 Å². The van der Waals surface area contributed by atoms with Crippen molar-refractivity contribution in [3.05, 3.63) is 126 Å². The first-order chi connectivity index (χ1) is 18.8. The van der Waals surface area contributed by atoms with Gasteiger partial charge in [0.25, 0.3) is 0 Å². The fourth-order valence-electron chi connectivity index (χ4n) is 6.90. The lowest BCUT2D eigenvalue weighted by Gasteiger charge is -2.29. The Morgan fingerprint density at radius 3 is 2.41 bits per heavy atom. The minimum absolute atomic E-state index is 0.123. The van der Waals surface area contributed by atoms with Crippen molar-refractivity contribution >= 4 is 27.9 Å². The van der Waals surface area contributed by atoms with Gasteiger partial charge in [-0.3, -0.25) is 0 Å². The molecule has 1 atom stereocenters. The standard InChI is InChI=1S/C36H37N2O/c1-35(2)29-23-27(39-6)20-22-30(29)37(4)32(35)17-12-18-33-36(3,24-25-13-8-7-9-14-25)34-28-16-11-10-15-26(28)19-21-31(34)38(33)5/h7-23H,24H2,1-6H3/q+1. The van der Waals surface area contributed by atoms with Crippen molar-refractivity contribution in [3.63, 3.8) is 0 Å². The minimum atomic E-state index is -0.172. The highest BCUT2D eigenvalue weighted by atomic mass is 16.5. The Labute approximate surface area is 232 Å². The summed E-state index contributed by atoms with van der Waals surface area (Å²) in [7, 11) is 6.11. The summed E-state index contributed by atoms with van der Waals surface area (Å²) in [6.45, 7) is 7.00. The highest BCUT2D eigenvalue weighted by Gasteiger charge is 2.45. The molecular weight excluding hydrogens is 476 g/mol. The van der Waals surface area contributed by atoms with Crippen molar-refractivity contribution in [2.75, 3.05) is 26.1 Å². The maximum Gasteiger partial charge on any atom is 0.209 e. The normalized spacial score (nSPS) is 20.8. The summed E-state index contributed by atoms with van der Waals surface area (Å²) in [5.41, 5.74) is 8.87. The number of rotatable bonds is 5. The van der Waals surface area contributed by atoms with Crippen LogP contribution < -0.4 is 9.64 Å². The van der Waals surface area contributed by atoms with Crippen molar-refractivity contribution in [2.45, 2.75) is 38.0 Å². The maximum absolute atomic E-state index is 5.54. The molecule has 0 aliphatic carbocycles. The molecule has 196 valence electrons. The van der Waals surface area contributed by atoms with Gasteiger partial charge in [-0.05, 0) is 73.4 Å². The maximum atomic E-state index is 5.54. The molecule has 3 nitrogen and oxygen atoms in total. The van der Waals surface area contributed by atoms with Crippen molar-refractivity contribution in [3.8, 4) is 5.75 Å². The molecule has 4 aromatic rings. The molecular formula is C36H37N2O+. The number of likely N-dealkylation sites (N-methyl/N-ethyl adjacent to an activating group) is 1. The van der Waals surface area contributed by atoms with Crippen molar-refractivity contribution in [1.82, 2.24) is 0 Å². The monoisotopic (exact) mass is 513 g/mol. The first-order valence-corrected chi connectivity index (χ1v) is 13.7. The number of hydrogen-bond acceptors (Lipinski definition) is 2. The second-order valence-corrected chi connectivity index (χ2v) is 11.6. The van der Waals surface area contributed by atoms with Crippen LogP contribution in [0.4, 0.5) is 11.4 Å². The fraction of sp³-hybridized carbons (Fsp3) is 0.250. The van der Waals surface area contributed by atoms with E-state index in [1.165, 1.54) is 50.2 Å². The molecule has 4 aromatic carbocycles. The van der Waals surface area contributed by atoms with Gasteiger partial charge in [0, 0.05) is 41.6 Å². The molecule has 1 unspecified atom stereocenters. The average Bonchev–Trinajstić information content (AvgIpc) is 3.27. The van der Waals surface area contributed by atoms with Gasteiger partial charge in [-0.2, -0.15) is 4.58 Å². The topological polar surface area (TPSA) is 15.5 Å². The zero-order valence-electron chi connectivity index (χ0n) is 23.8. The molecule has 6 rings (SSSR count). The Hall–Kier alpha value is -4.11. The van der Waals surface area contributed by atoms with Gasteiger partial charge in [0.2, 0.25) is 5.69 Å². The van der Waals surface area contributed by atoms with E-state index in [0.29, 0.717) is 0 Å². The summed E-state index contributed by atoms with van der Waals surface area (Å²) < 4.78 is 7.85. The third-order valence-electron chi connectivity index (χ3n) is 8.90. The van der Waals surface area contributed by atoms with Crippen molar-refractivity contribution < 1.29 is 9.31 Å². The third-order valence-corrected chi connectivity index (χ3v) is 8.90. The summed E-state index contributed by atoms with van der Waals surface area (Å²) in [5, 5.41) is 2.63. The summed E-state index contributed by atoms with van der Waals surface area (Å²) in [6, 6.07) is 30.6. The highest BCUT2D eigenvalue weighted by molar-refractivity contribution is 6.03. The number of hydrogen-bond donors (Lipinski definition) is 0. The van der Waals surface area contributed by atoms with Crippen LogP contribution in [0.25, 0.3) is 10.8 Å². The summed E-state index contributed by atoms with van der Waals surface area (Å²) in [4.78, 5) is 2.39. The summed E-state index contributed by atoms with van der Waals surface area (Å²) >= 11 is 0. The van der Waals surface area contributed by atoms with E-state index in [1.54, 1.807) is 7.11 Å². The van der Waals surface area contributed by atoms with E-state index in [9.17, 15) is 0 Å². The quantitative estimate of drug-likeness (QED) is 0.252. The van der Waals surface area contributed by atoms with E-state index in [1.807, 2.05) is 6.07 Å². The summed E-state index contributed by atoms with van der Waals surface area (Å²) in [5.74, 6) is 0.900. The van der Waals surface area contributed by atoms with E-state index in [4.69, 9.17) is 4.74 Å². The van der Waals surface area contributed by atoms with Crippen LogP contribution in [0, 0.1) is 0 Å². The van der Waals surface area contributed by atoms with E-state index in [0.717, 1.165) is 12.2 Å². The second kappa shape index (κ2) is 9.27. The van der Waals surface area contributed by atoms with Crippen LogP contribution in [0.2, 0.25) is 0 Å². The van der Waals surface area contributed by atoms with Gasteiger partial charge in [-0.15, -0.1) is 0 Å². The Kier molecular flexibility index (Phi) is 5.99. The Morgan fingerprint density at radius 1 is 0.897 bits per heavy atom. The van der Waals surface area contributed by atoms with Crippen LogP contribution in [0.15, 0.2) is 109 Å². The first-order valence-electron chi connectivity index (χ1n) is 13.7. The van der Waals surface area contributed by atoms with Crippen LogP contribution >= 0.6 is 0 Å². The Balaban J connectivity index is 1.45. The molecule has 0 N–H and O–H groups in total. The molecule has 0 radical (unpaired) electrons. The molecule has 0 saturated heterocycles. The number of ether oxygens (including phenoxy) is 1. The molecule has 0 fully saturated rings. The molecule has 0 bridgehead atoms. The largest absolute Gasteiger partial charge is 0.497 e. The molecule has 2 heterocycles. The zero-order valence-corrected chi connectivity index (χ0v) is 23.8.